The Morgan fingerprint density at radius 3 is 2.84 bits per heavy atom. The van der Waals surface area contributed by atoms with E-state index in [0.29, 0.717) is 6.42 Å². The molecule has 0 aliphatic carbocycles. The van der Waals surface area contributed by atoms with Crippen molar-refractivity contribution in [3.63, 3.8) is 0 Å². The molecule has 0 saturated carbocycles. The first kappa shape index (κ1) is 14.0. The van der Waals surface area contributed by atoms with Crippen LogP contribution >= 0.6 is 11.6 Å². The number of benzene rings is 1. The summed E-state index contributed by atoms with van der Waals surface area (Å²) in [6.07, 6.45) is 2.38. The molecule has 19 heavy (non-hydrogen) atoms. The fraction of sp³-hybridized carbons (Fsp3) is 0.267. The lowest BCUT2D eigenvalue weighted by atomic mass is 10.0. The van der Waals surface area contributed by atoms with Crippen molar-refractivity contribution in [3.05, 3.63) is 64.2 Å². The third-order valence-electron chi connectivity index (χ3n) is 3.10. The molecule has 4 heteroatoms. The van der Waals surface area contributed by atoms with Crippen LogP contribution < -0.4 is 5.32 Å². The number of nitrogens with one attached hydrogen (secondary N) is 1. The summed E-state index contributed by atoms with van der Waals surface area (Å²) < 4.78 is 13.4. The molecule has 0 aliphatic rings. The highest BCUT2D eigenvalue weighted by atomic mass is 35.5. The van der Waals surface area contributed by atoms with E-state index in [1.54, 1.807) is 12.3 Å². The molecule has 0 aliphatic heterocycles. The maximum Gasteiger partial charge on any atom is 0.142 e. The molecule has 100 valence electrons. The van der Waals surface area contributed by atoms with Crippen LogP contribution in [-0.2, 0) is 6.42 Å². The maximum absolute atomic E-state index is 13.4. The Balaban J connectivity index is 2.26. The number of nitrogens with zero attached hydrogens (tertiary/aromatic N) is 1. The Morgan fingerprint density at radius 2 is 2.16 bits per heavy atom. The minimum Gasteiger partial charge on any atom is -0.311 e. The molecule has 0 saturated heterocycles. The second-order valence-corrected chi connectivity index (χ2v) is 4.89. The largest absolute Gasteiger partial charge is 0.311 e. The third kappa shape index (κ3) is 3.31. The van der Waals surface area contributed by atoms with Crippen LogP contribution in [0.5, 0.6) is 0 Å². The monoisotopic (exact) mass is 278 g/mol. The van der Waals surface area contributed by atoms with Gasteiger partial charge in [0.2, 0.25) is 0 Å². The third-order valence-corrected chi connectivity index (χ3v) is 3.52. The van der Waals surface area contributed by atoms with Gasteiger partial charge in [0.25, 0.3) is 0 Å². The second-order valence-electron chi connectivity index (χ2n) is 4.52. The molecule has 0 fully saturated rings. The number of aryl methyl sites for hydroxylation is 1. The van der Waals surface area contributed by atoms with Crippen molar-refractivity contribution >= 4 is 11.6 Å². The number of hydrogen-bond donors (Lipinski definition) is 1. The van der Waals surface area contributed by atoms with Crippen LogP contribution in [-0.4, -0.2) is 12.0 Å². The number of halogens is 2. The molecule has 2 rings (SSSR count). The predicted octanol–water partition coefficient (Wildman–Crippen LogP) is 3.69. The summed E-state index contributed by atoms with van der Waals surface area (Å²) in [5.74, 6) is -0.383. The quantitative estimate of drug-likeness (QED) is 0.923. The highest BCUT2D eigenvalue weighted by molar-refractivity contribution is 6.31. The SMILES string of the molecule is CNC(Cc1cccc(F)c1Cl)c1cc(C)ccn1. The van der Waals surface area contributed by atoms with E-state index in [0.717, 1.165) is 16.8 Å². The number of pyridine rings is 1. The molecule has 1 unspecified atom stereocenters. The second kappa shape index (κ2) is 6.13. The van der Waals surface area contributed by atoms with E-state index < -0.39 is 0 Å². The molecule has 1 N–H and O–H groups in total. The normalized spacial score (nSPS) is 12.4. The molecule has 2 aromatic rings. The smallest absolute Gasteiger partial charge is 0.142 e. The van der Waals surface area contributed by atoms with E-state index >= 15 is 0 Å². The molecular weight excluding hydrogens is 263 g/mol. The molecule has 1 heterocycles. The maximum atomic E-state index is 13.4. The minimum atomic E-state index is -0.383. The Bertz CT molecular complexity index is 572. The van der Waals surface area contributed by atoms with Crippen molar-refractivity contribution in [3.8, 4) is 0 Å². The van der Waals surface area contributed by atoms with Crippen LogP contribution in [0.3, 0.4) is 0 Å². The van der Waals surface area contributed by atoms with Crippen molar-refractivity contribution in [1.82, 2.24) is 10.3 Å². The van der Waals surface area contributed by atoms with Crippen LogP contribution in [0.2, 0.25) is 5.02 Å². The fourth-order valence-corrected chi connectivity index (χ4v) is 2.23. The van der Waals surface area contributed by atoms with Crippen molar-refractivity contribution < 1.29 is 4.39 Å². The van der Waals surface area contributed by atoms with Gasteiger partial charge in [-0.1, -0.05) is 23.7 Å². The first-order valence-electron chi connectivity index (χ1n) is 6.14. The predicted molar refractivity (Wildman–Crippen MR) is 75.9 cm³/mol. The van der Waals surface area contributed by atoms with Crippen molar-refractivity contribution in [2.75, 3.05) is 7.05 Å². The Morgan fingerprint density at radius 1 is 1.37 bits per heavy atom. The molecule has 0 bridgehead atoms. The average molecular weight is 279 g/mol. The lowest BCUT2D eigenvalue weighted by molar-refractivity contribution is 0.570. The van der Waals surface area contributed by atoms with Crippen molar-refractivity contribution in [2.24, 2.45) is 0 Å². The summed E-state index contributed by atoms with van der Waals surface area (Å²) in [4.78, 5) is 4.36. The van der Waals surface area contributed by atoms with Crippen molar-refractivity contribution in [2.45, 2.75) is 19.4 Å². The number of rotatable bonds is 4. The zero-order valence-electron chi connectivity index (χ0n) is 11.0. The Hall–Kier alpha value is -1.45. The van der Waals surface area contributed by atoms with Gasteiger partial charge in [-0.2, -0.15) is 0 Å². The average Bonchev–Trinajstić information content (AvgIpc) is 2.40. The summed E-state index contributed by atoms with van der Waals surface area (Å²) in [5.41, 5.74) is 2.86. The van der Waals surface area contributed by atoms with Gasteiger partial charge in [0.05, 0.1) is 16.8 Å². The van der Waals surface area contributed by atoms with E-state index in [2.05, 4.69) is 10.3 Å². The summed E-state index contributed by atoms with van der Waals surface area (Å²) in [6.45, 7) is 2.02. The first-order chi connectivity index (χ1) is 9.11. The molecule has 0 amide bonds. The van der Waals surface area contributed by atoms with Crippen LogP contribution in [0.25, 0.3) is 0 Å². The van der Waals surface area contributed by atoms with Gasteiger partial charge < -0.3 is 5.32 Å². The Kier molecular flexibility index (Phi) is 4.51. The van der Waals surface area contributed by atoms with Gasteiger partial charge >= 0.3 is 0 Å². The number of hydrogen-bond acceptors (Lipinski definition) is 2. The highest BCUT2D eigenvalue weighted by Gasteiger charge is 2.15. The molecule has 0 spiro atoms. The van der Waals surface area contributed by atoms with E-state index in [9.17, 15) is 4.39 Å². The van der Waals surface area contributed by atoms with Crippen LogP contribution in [0.1, 0.15) is 22.9 Å². The van der Waals surface area contributed by atoms with Gasteiger partial charge in [0.15, 0.2) is 0 Å². The Labute approximate surface area is 117 Å². The zero-order valence-corrected chi connectivity index (χ0v) is 11.7. The summed E-state index contributed by atoms with van der Waals surface area (Å²) in [5, 5.41) is 3.39. The minimum absolute atomic E-state index is 0.0131. The molecule has 1 atom stereocenters. The molecular formula is C15H16ClFN2. The molecule has 0 radical (unpaired) electrons. The van der Waals surface area contributed by atoms with E-state index in [4.69, 9.17) is 11.6 Å². The van der Waals surface area contributed by atoms with Gasteiger partial charge in [0, 0.05) is 6.20 Å². The van der Waals surface area contributed by atoms with Gasteiger partial charge in [0.1, 0.15) is 5.82 Å². The lowest BCUT2D eigenvalue weighted by Crippen LogP contribution is -2.20. The van der Waals surface area contributed by atoms with Gasteiger partial charge in [-0.3, -0.25) is 4.98 Å². The molecule has 2 nitrogen and oxygen atoms in total. The van der Waals surface area contributed by atoms with Crippen LogP contribution in [0, 0.1) is 12.7 Å². The van der Waals surface area contributed by atoms with E-state index in [1.807, 2.05) is 32.2 Å². The van der Waals surface area contributed by atoms with E-state index in [-0.39, 0.29) is 16.9 Å². The topological polar surface area (TPSA) is 24.9 Å². The molecule has 1 aromatic heterocycles. The fourth-order valence-electron chi connectivity index (χ4n) is 2.03. The standard InChI is InChI=1S/C15H16ClFN2/c1-10-6-7-19-14(8-10)13(18-2)9-11-4-3-5-12(17)15(11)16/h3-8,13,18H,9H2,1-2H3. The summed E-state index contributed by atoms with van der Waals surface area (Å²) in [6, 6.07) is 8.86. The van der Waals surface area contributed by atoms with E-state index in [1.165, 1.54) is 6.07 Å². The van der Waals surface area contributed by atoms with Crippen LogP contribution in [0.4, 0.5) is 4.39 Å². The summed E-state index contributed by atoms with van der Waals surface area (Å²) >= 11 is 5.99. The number of aromatic nitrogens is 1. The van der Waals surface area contributed by atoms with Crippen LogP contribution in [0.15, 0.2) is 36.5 Å². The first-order valence-corrected chi connectivity index (χ1v) is 6.52. The number of likely N-dealkylation sites (N-methyl/N-ethyl adjacent to an activating group) is 1. The van der Waals surface area contributed by atoms with Gasteiger partial charge in [-0.15, -0.1) is 0 Å². The van der Waals surface area contributed by atoms with Gasteiger partial charge in [-0.25, -0.2) is 4.39 Å². The highest BCUT2D eigenvalue weighted by Crippen LogP contribution is 2.25. The van der Waals surface area contributed by atoms with Crippen molar-refractivity contribution in [1.29, 1.82) is 0 Å². The lowest BCUT2D eigenvalue weighted by Gasteiger charge is -2.17. The molecule has 1 aromatic carbocycles. The van der Waals surface area contributed by atoms with Gasteiger partial charge in [-0.05, 0) is 49.7 Å². The summed E-state index contributed by atoms with van der Waals surface area (Å²) in [7, 11) is 1.86. The zero-order chi connectivity index (χ0) is 13.8.